The van der Waals surface area contributed by atoms with E-state index in [0.717, 1.165) is 26.2 Å². The Morgan fingerprint density at radius 1 is 1.39 bits per heavy atom. The summed E-state index contributed by atoms with van der Waals surface area (Å²) in [5.74, 6) is 0.659. The second kappa shape index (κ2) is 6.88. The van der Waals surface area contributed by atoms with E-state index < -0.39 is 0 Å². The monoisotopic (exact) mass is 248 g/mol. The van der Waals surface area contributed by atoms with Crippen molar-refractivity contribution in [2.24, 2.45) is 0 Å². The zero-order valence-corrected chi connectivity index (χ0v) is 11.2. The molecule has 3 heteroatoms. The Morgan fingerprint density at radius 2 is 2.17 bits per heavy atom. The first kappa shape index (κ1) is 13.5. The molecule has 0 radical (unpaired) electrons. The van der Waals surface area contributed by atoms with Gasteiger partial charge in [-0.15, -0.1) is 0 Å². The molecule has 2 atom stereocenters. The molecule has 1 aliphatic heterocycles. The number of hydrogen-bond donors (Lipinski definition) is 2. The number of nitrogens with zero attached hydrogens (tertiary/aromatic N) is 1. The quantitative estimate of drug-likeness (QED) is 0.800. The molecule has 0 spiro atoms. The van der Waals surface area contributed by atoms with Gasteiger partial charge in [0.25, 0.3) is 0 Å². The summed E-state index contributed by atoms with van der Waals surface area (Å²) >= 11 is 0. The van der Waals surface area contributed by atoms with Crippen LogP contribution in [0.1, 0.15) is 24.8 Å². The molecule has 1 heterocycles. The van der Waals surface area contributed by atoms with Crippen molar-refractivity contribution in [1.29, 1.82) is 0 Å². The highest BCUT2D eigenvalue weighted by Gasteiger charge is 2.25. The van der Waals surface area contributed by atoms with Crippen molar-refractivity contribution in [3.8, 4) is 0 Å². The Bertz CT molecular complexity index is 342. The van der Waals surface area contributed by atoms with Crippen LogP contribution in [-0.4, -0.2) is 48.8 Å². The molecule has 1 aliphatic rings. The Balaban J connectivity index is 1.85. The fourth-order valence-corrected chi connectivity index (χ4v) is 2.78. The van der Waals surface area contributed by atoms with E-state index in [1.807, 2.05) is 0 Å². The normalized spacial score (nSPS) is 22.2. The lowest BCUT2D eigenvalue weighted by Crippen LogP contribution is -2.42. The molecular formula is C15H24N2O. The van der Waals surface area contributed by atoms with Crippen LogP contribution < -0.4 is 5.32 Å². The molecule has 1 aromatic carbocycles. The van der Waals surface area contributed by atoms with Crippen LogP contribution in [0.4, 0.5) is 0 Å². The third kappa shape index (κ3) is 3.55. The number of hydrogen-bond acceptors (Lipinski definition) is 3. The molecule has 3 nitrogen and oxygen atoms in total. The lowest BCUT2D eigenvalue weighted by Gasteiger charge is -2.23. The van der Waals surface area contributed by atoms with Crippen molar-refractivity contribution in [3.63, 3.8) is 0 Å². The van der Waals surface area contributed by atoms with E-state index >= 15 is 0 Å². The maximum atomic E-state index is 9.31. The third-order valence-electron chi connectivity index (χ3n) is 3.74. The smallest absolute Gasteiger partial charge is 0.0597 e. The Labute approximate surface area is 110 Å². The standard InChI is InChI=1S/C15H24N2O/c1-2-16-15(12-18)11-17-9-8-14(10-17)13-6-4-3-5-7-13/h3-7,14-16,18H,2,8-12H2,1H3. The summed E-state index contributed by atoms with van der Waals surface area (Å²) in [6, 6.07) is 11.0. The summed E-state index contributed by atoms with van der Waals surface area (Å²) in [5, 5.41) is 12.6. The zero-order chi connectivity index (χ0) is 12.8. The van der Waals surface area contributed by atoms with Gasteiger partial charge in [0.2, 0.25) is 0 Å². The van der Waals surface area contributed by atoms with Gasteiger partial charge in [-0.1, -0.05) is 37.3 Å². The highest BCUT2D eigenvalue weighted by Crippen LogP contribution is 2.26. The van der Waals surface area contributed by atoms with Crippen molar-refractivity contribution in [3.05, 3.63) is 35.9 Å². The molecule has 18 heavy (non-hydrogen) atoms. The molecule has 2 rings (SSSR count). The van der Waals surface area contributed by atoms with Gasteiger partial charge in [-0.3, -0.25) is 0 Å². The lowest BCUT2D eigenvalue weighted by atomic mass is 9.99. The van der Waals surface area contributed by atoms with Gasteiger partial charge in [0, 0.05) is 19.1 Å². The maximum Gasteiger partial charge on any atom is 0.0597 e. The molecule has 1 aromatic rings. The highest BCUT2D eigenvalue weighted by molar-refractivity contribution is 5.21. The van der Waals surface area contributed by atoms with Gasteiger partial charge in [-0.05, 0) is 31.0 Å². The largest absolute Gasteiger partial charge is 0.395 e. The van der Waals surface area contributed by atoms with Crippen LogP contribution in [0.15, 0.2) is 30.3 Å². The highest BCUT2D eigenvalue weighted by atomic mass is 16.3. The van der Waals surface area contributed by atoms with Crippen LogP contribution in [-0.2, 0) is 0 Å². The SMILES string of the molecule is CCNC(CO)CN1CCC(c2ccccc2)C1. The van der Waals surface area contributed by atoms with Gasteiger partial charge in [0.15, 0.2) is 0 Å². The average molecular weight is 248 g/mol. The summed E-state index contributed by atoms with van der Waals surface area (Å²) in [5.41, 5.74) is 1.45. The first-order valence-electron chi connectivity index (χ1n) is 6.95. The molecule has 0 saturated carbocycles. The van der Waals surface area contributed by atoms with Crippen molar-refractivity contribution in [1.82, 2.24) is 10.2 Å². The molecule has 0 amide bonds. The second-order valence-corrected chi connectivity index (χ2v) is 5.09. The number of likely N-dealkylation sites (tertiary alicyclic amines) is 1. The predicted molar refractivity (Wildman–Crippen MR) is 74.8 cm³/mol. The van der Waals surface area contributed by atoms with E-state index in [-0.39, 0.29) is 12.6 Å². The molecule has 2 N–H and O–H groups in total. The van der Waals surface area contributed by atoms with Crippen LogP contribution >= 0.6 is 0 Å². The molecular weight excluding hydrogens is 224 g/mol. The Kier molecular flexibility index (Phi) is 5.17. The number of rotatable bonds is 6. The van der Waals surface area contributed by atoms with Crippen molar-refractivity contribution >= 4 is 0 Å². The van der Waals surface area contributed by atoms with Crippen LogP contribution in [0.2, 0.25) is 0 Å². The van der Waals surface area contributed by atoms with Crippen LogP contribution in [0, 0.1) is 0 Å². The molecule has 0 aromatic heterocycles. The van der Waals surface area contributed by atoms with Gasteiger partial charge in [-0.25, -0.2) is 0 Å². The number of benzene rings is 1. The molecule has 2 unspecified atom stereocenters. The minimum Gasteiger partial charge on any atom is -0.395 e. The van der Waals surface area contributed by atoms with E-state index in [9.17, 15) is 5.11 Å². The van der Waals surface area contributed by atoms with Crippen molar-refractivity contribution < 1.29 is 5.11 Å². The van der Waals surface area contributed by atoms with Crippen LogP contribution in [0.5, 0.6) is 0 Å². The lowest BCUT2D eigenvalue weighted by molar-refractivity contribution is 0.199. The van der Waals surface area contributed by atoms with E-state index in [0.29, 0.717) is 5.92 Å². The molecule has 1 saturated heterocycles. The van der Waals surface area contributed by atoms with E-state index in [2.05, 4.69) is 47.5 Å². The minimum atomic E-state index is 0.213. The summed E-state index contributed by atoms with van der Waals surface area (Å²) in [4.78, 5) is 2.46. The minimum absolute atomic E-state index is 0.213. The van der Waals surface area contributed by atoms with E-state index in [1.165, 1.54) is 12.0 Å². The fraction of sp³-hybridized carbons (Fsp3) is 0.600. The van der Waals surface area contributed by atoms with Gasteiger partial charge in [-0.2, -0.15) is 0 Å². The van der Waals surface area contributed by atoms with Gasteiger partial charge in [0.1, 0.15) is 0 Å². The number of aliphatic hydroxyl groups excluding tert-OH is 1. The Morgan fingerprint density at radius 3 is 2.83 bits per heavy atom. The van der Waals surface area contributed by atoms with E-state index in [4.69, 9.17) is 0 Å². The number of aliphatic hydroxyl groups is 1. The summed E-state index contributed by atoms with van der Waals surface area (Å²) in [7, 11) is 0. The Hall–Kier alpha value is -0.900. The fourth-order valence-electron chi connectivity index (χ4n) is 2.78. The average Bonchev–Trinajstić information content (AvgIpc) is 2.88. The summed E-state index contributed by atoms with van der Waals surface area (Å²) < 4.78 is 0. The first-order valence-corrected chi connectivity index (χ1v) is 6.95. The zero-order valence-electron chi connectivity index (χ0n) is 11.2. The van der Waals surface area contributed by atoms with Crippen LogP contribution in [0.3, 0.4) is 0 Å². The van der Waals surface area contributed by atoms with Crippen molar-refractivity contribution in [2.75, 3.05) is 32.8 Å². The molecule has 100 valence electrons. The second-order valence-electron chi connectivity index (χ2n) is 5.09. The van der Waals surface area contributed by atoms with Crippen molar-refractivity contribution in [2.45, 2.75) is 25.3 Å². The summed E-state index contributed by atoms with van der Waals surface area (Å²) in [6.07, 6.45) is 1.23. The third-order valence-corrected chi connectivity index (χ3v) is 3.74. The first-order chi connectivity index (χ1) is 8.83. The van der Waals surface area contributed by atoms with Gasteiger partial charge in [0.05, 0.1) is 6.61 Å². The van der Waals surface area contributed by atoms with Gasteiger partial charge >= 0.3 is 0 Å². The topological polar surface area (TPSA) is 35.5 Å². The summed E-state index contributed by atoms with van der Waals surface area (Å²) in [6.45, 7) is 6.43. The molecule has 0 aliphatic carbocycles. The number of nitrogens with one attached hydrogen (secondary N) is 1. The van der Waals surface area contributed by atoms with Crippen LogP contribution in [0.25, 0.3) is 0 Å². The molecule has 0 bridgehead atoms. The maximum absolute atomic E-state index is 9.31. The predicted octanol–water partition coefficient (Wildman–Crippen LogP) is 1.45. The molecule has 1 fully saturated rings. The van der Waals surface area contributed by atoms with E-state index in [1.54, 1.807) is 0 Å². The number of likely N-dealkylation sites (N-methyl/N-ethyl adjacent to an activating group) is 1. The van der Waals surface area contributed by atoms with Gasteiger partial charge < -0.3 is 15.3 Å².